The van der Waals surface area contributed by atoms with Gasteiger partial charge in [-0.05, 0) is 30.7 Å². The van der Waals surface area contributed by atoms with Gasteiger partial charge in [0.2, 0.25) is 11.8 Å². The molecular formula is C20H20N6O3. The normalized spacial score (nSPS) is 15.9. The first-order valence-electron chi connectivity index (χ1n) is 9.38. The van der Waals surface area contributed by atoms with Gasteiger partial charge in [0, 0.05) is 25.6 Å². The molecule has 148 valence electrons. The molecule has 9 heteroatoms. The van der Waals surface area contributed by atoms with Gasteiger partial charge in [0.1, 0.15) is 11.9 Å². The van der Waals surface area contributed by atoms with Crippen LogP contribution in [0.1, 0.15) is 29.0 Å². The SMILES string of the molecule is O=C(CC[C@H]1NC(=O)c2ccccc2NC1=O)NCCc1nnc2ccccn12. The maximum Gasteiger partial charge on any atom is 0.254 e. The largest absolute Gasteiger partial charge is 0.356 e. The molecule has 1 aliphatic heterocycles. The maximum atomic E-state index is 12.4. The van der Waals surface area contributed by atoms with E-state index in [1.165, 1.54) is 0 Å². The van der Waals surface area contributed by atoms with Crippen molar-refractivity contribution in [1.82, 2.24) is 25.2 Å². The molecule has 0 unspecified atom stereocenters. The molecule has 3 aromatic rings. The number of carbonyl (C=O) groups excluding carboxylic acids is 3. The average Bonchev–Trinajstić information content (AvgIpc) is 3.09. The van der Waals surface area contributed by atoms with E-state index in [9.17, 15) is 14.4 Å². The van der Waals surface area contributed by atoms with Gasteiger partial charge in [0.05, 0.1) is 11.3 Å². The van der Waals surface area contributed by atoms with E-state index >= 15 is 0 Å². The zero-order valence-corrected chi connectivity index (χ0v) is 15.6. The van der Waals surface area contributed by atoms with Crippen LogP contribution in [0.3, 0.4) is 0 Å². The van der Waals surface area contributed by atoms with Crippen LogP contribution in [0.25, 0.3) is 5.65 Å². The van der Waals surface area contributed by atoms with Gasteiger partial charge < -0.3 is 16.0 Å². The standard InChI is InChI=1S/C20H20N6O3/c27-18(21-11-10-17-25-24-16-7-3-4-12-26(16)17)9-8-15-20(29)22-14-6-2-1-5-13(14)19(28)23-15/h1-7,12,15H,8-11H2,(H,21,27)(H,22,29)(H,23,28)/t15-/m1/s1. The highest BCUT2D eigenvalue weighted by Crippen LogP contribution is 2.19. The molecule has 1 aromatic carbocycles. The van der Waals surface area contributed by atoms with Gasteiger partial charge in [-0.15, -0.1) is 10.2 Å². The molecule has 0 radical (unpaired) electrons. The molecule has 2 aromatic heterocycles. The van der Waals surface area contributed by atoms with E-state index in [0.717, 1.165) is 11.5 Å². The summed E-state index contributed by atoms with van der Waals surface area (Å²) in [6.07, 6.45) is 2.74. The minimum absolute atomic E-state index is 0.120. The lowest BCUT2D eigenvalue weighted by molar-refractivity contribution is -0.121. The molecule has 3 N–H and O–H groups in total. The lowest BCUT2D eigenvalue weighted by Gasteiger charge is -2.14. The topological polar surface area (TPSA) is 117 Å². The van der Waals surface area contributed by atoms with Crippen LogP contribution in [0, 0.1) is 0 Å². The van der Waals surface area contributed by atoms with Crippen LogP contribution in [0.4, 0.5) is 5.69 Å². The highest BCUT2D eigenvalue weighted by atomic mass is 16.2. The molecule has 4 rings (SSSR count). The number of rotatable bonds is 6. The minimum atomic E-state index is -0.763. The molecule has 29 heavy (non-hydrogen) atoms. The number of nitrogens with zero attached hydrogens (tertiary/aromatic N) is 3. The number of nitrogens with one attached hydrogen (secondary N) is 3. The van der Waals surface area contributed by atoms with Crippen molar-refractivity contribution < 1.29 is 14.4 Å². The van der Waals surface area contributed by atoms with Gasteiger partial charge >= 0.3 is 0 Å². The predicted molar refractivity (Wildman–Crippen MR) is 105 cm³/mol. The fourth-order valence-corrected chi connectivity index (χ4v) is 3.25. The van der Waals surface area contributed by atoms with Crippen molar-refractivity contribution in [3.8, 4) is 0 Å². The zero-order chi connectivity index (χ0) is 20.2. The number of para-hydroxylation sites is 1. The van der Waals surface area contributed by atoms with Crippen molar-refractivity contribution in [2.75, 3.05) is 11.9 Å². The van der Waals surface area contributed by atoms with Crippen molar-refractivity contribution >= 4 is 29.1 Å². The van der Waals surface area contributed by atoms with Crippen LogP contribution in [0.15, 0.2) is 48.7 Å². The van der Waals surface area contributed by atoms with Crippen molar-refractivity contribution in [2.24, 2.45) is 0 Å². The third-order valence-electron chi connectivity index (χ3n) is 4.77. The van der Waals surface area contributed by atoms with Gasteiger partial charge in [0.15, 0.2) is 5.65 Å². The average molecular weight is 392 g/mol. The number of hydrogen-bond acceptors (Lipinski definition) is 5. The van der Waals surface area contributed by atoms with Crippen molar-refractivity contribution in [3.05, 3.63) is 60.0 Å². The van der Waals surface area contributed by atoms with E-state index < -0.39 is 6.04 Å². The molecule has 0 saturated heterocycles. The molecule has 0 fully saturated rings. The summed E-state index contributed by atoms with van der Waals surface area (Å²) >= 11 is 0. The fourth-order valence-electron chi connectivity index (χ4n) is 3.25. The monoisotopic (exact) mass is 392 g/mol. The Morgan fingerprint density at radius 1 is 1.10 bits per heavy atom. The van der Waals surface area contributed by atoms with E-state index in [4.69, 9.17) is 0 Å². The van der Waals surface area contributed by atoms with Crippen molar-refractivity contribution in [1.29, 1.82) is 0 Å². The first-order valence-corrected chi connectivity index (χ1v) is 9.38. The van der Waals surface area contributed by atoms with Gasteiger partial charge in [0.25, 0.3) is 5.91 Å². The van der Waals surface area contributed by atoms with Gasteiger partial charge in [-0.2, -0.15) is 0 Å². The van der Waals surface area contributed by atoms with Crippen LogP contribution >= 0.6 is 0 Å². The van der Waals surface area contributed by atoms with Crippen LogP contribution in [-0.2, 0) is 16.0 Å². The number of benzene rings is 1. The highest BCUT2D eigenvalue weighted by Gasteiger charge is 2.27. The molecule has 0 bridgehead atoms. The number of amides is 3. The number of aromatic nitrogens is 3. The van der Waals surface area contributed by atoms with E-state index in [-0.39, 0.29) is 30.6 Å². The summed E-state index contributed by atoms with van der Waals surface area (Å²) in [7, 11) is 0. The summed E-state index contributed by atoms with van der Waals surface area (Å²) in [5.41, 5.74) is 1.64. The van der Waals surface area contributed by atoms with Gasteiger partial charge in [-0.25, -0.2) is 0 Å². The quantitative estimate of drug-likeness (QED) is 0.577. The van der Waals surface area contributed by atoms with E-state index in [2.05, 4.69) is 26.1 Å². The smallest absolute Gasteiger partial charge is 0.254 e. The first-order chi connectivity index (χ1) is 14.1. The zero-order valence-electron chi connectivity index (χ0n) is 15.6. The maximum absolute atomic E-state index is 12.4. The summed E-state index contributed by atoms with van der Waals surface area (Å²) in [6.45, 7) is 0.406. The van der Waals surface area contributed by atoms with E-state index in [1.54, 1.807) is 24.3 Å². The predicted octanol–water partition coefficient (Wildman–Crippen LogP) is 0.919. The molecule has 1 atom stereocenters. The van der Waals surface area contributed by atoms with Crippen LogP contribution < -0.4 is 16.0 Å². The van der Waals surface area contributed by atoms with Crippen LogP contribution in [-0.4, -0.2) is 44.9 Å². The second-order valence-corrected chi connectivity index (χ2v) is 6.74. The Labute approximate surface area is 166 Å². The lowest BCUT2D eigenvalue weighted by Crippen LogP contribution is -2.42. The third kappa shape index (κ3) is 4.08. The summed E-state index contributed by atoms with van der Waals surface area (Å²) in [5, 5.41) is 16.4. The summed E-state index contributed by atoms with van der Waals surface area (Å²) in [5.74, 6) is -0.0919. The number of fused-ring (bicyclic) bond motifs is 2. The number of pyridine rings is 1. The van der Waals surface area contributed by atoms with Gasteiger partial charge in [-0.1, -0.05) is 18.2 Å². The Morgan fingerprint density at radius 2 is 1.93 bits per heavy atom. The first kappa shape index (κ1) is 18.6. The second kappa shape index (κ2) is 8.09. The highest BCUT2D eigenvalue weighted by molar-refractivity contribution is 6.09. The molecule has 3 amide bonds. The Balaban J connectivity index is 1.27. The van der Waals surface area contributed by atoms with E-state index in [0.29, 0.717) is 24.2 Å². The second-order valence-electron chi connectivity index (χ2n) is 6.74. The van der Waals surface area contributed by atoms with Gasteiger partial charge in [-0.3, -0.25) is 18.8 Å². The molecule has 0 aliphatic carbocycles. The third-order valence-corrected chi connectivity index (χ3v) is 4.77. The fraction of sp³-hybridized carbons (Fsp3) is 0.250. The Kier molecular flexibility index (Phi) is 5.19. The Morgan fingerprint density at radius 3 is 2.83 bits per heavy atom. The molecule has 1 aliphatic rings. The molecule has 9 nitrogen and oxygen atoms in total. The minimum Gasteiger partial charge on any atom is -0.356 e. The van der Waals surface area contributed by atoms with Crippen molar-refractivity contribution in [3.63, 3.8) is 0 Å². The summed E-state index contributed by atoms with van der Waals surface area (Å²) < 4.78 is 1.87. The Hall–Kier alpha value is -3.75. The summed E-state index contributed by atoms with van der Waals surface area (Å²) in [4.78, 5) is 36.8. The van der Waals surface area contributed by atoms with E-state index in [1.807, 2.05) is 28.8 Å². The number of hydrogen-bond donors (Lipinski definition) is 3. The van der Waals surface area contributed by atoms with Crippen molar-refractivity contribution in [2.45, 2.75) is 25.3 Å². The number of carbonyl (C=O) groups is 3. The molecule has 3 heterocycles. The van der Waals surface area contributed by atoms with Crippen LogP contribution in [0.5, 0.6) is 0 Å². The molecular weight excluding hydrogens is 372 g/mol. The lowest BCUT2D eigenvalue weighted by atomic mass is 10.1. The summed E-state index contributed by atoms with van der Waals surface area (Å²) in [6, 6.07) is 11.7. The molecule has 0 saturated carbocycles. The Bertz CT molecular complexity index is 1080. The number of anilines is 1. The van der Waals surface area contributed by atoms with Crippen LogP contribution in [0.2, 0.25) is 0 Å². The molecule has 0 spiro atoms.